The number of hydrazine groups is 1. The molecule has 2 heterocycles. The number of likely N-dealkylation sites (tertiary alicyclic amines) is 1. The first-order chi connectivity index (χ1) is 12.3. The minimum absolute atomic E-state index is 0.0243. The monoisotopic (exact) mass is 368 g/mol. The zero-order chi connectivity index (χ0) is 18.5. The lowest BCUT2D eigenvalue weighted by molar-refractivity contribution is -0.178. The van der Waals surface area contributed by atoms with Crippen molar-refractivity contribution in [2.45, 2.75) is 43.4 Å². The topological polar surface area (TPSA) is 70.4 Å². The van der Waals surface area contributed by atoms with Gasteiger partial charge in [-0.3, -0.25) is 15.6 Å². The first-order valence-electron chi connectivity index (χ1n) is 9.05. The molecule has 1 aromatic carbocycles. The SMILES string of the molecule is Nc1ccccc1C1CCC2C3NNCC3C(=O)N(CC(F)(F)F)C2C1. The molecule has 1 amide bonds. The van der Waals surface area contributed by atoms with Crippen LogP contribution in [-0.4, -0.2) is 42.2 Å². The predicted octanol–water partition coefficient (Wildman–Crippen LogP) is 2.02. The van der Waals surface area contributed by atoms with E-state index in [1.807, 2.05) is 24.3 Å². The Bertz CT molecular complexity index is 695. The van der Waals surface area contributed by atoms with E-state index in [4.69, 9.17) is 5.73 Å². The number of hydrogen-bond donors (Lipinski definition) is 3. The third kappa shape index (κ3) is 3.05. The second kappa shape index (κ2) is 6.42. The van der Waals surface area contributed by atoms with Gasteiger partial charge in [0.25, 0.3) is 0 Å². The van der Waals surface area contributed by atoms with Gasteiger partial charge in [0, 0.05) is 24.3 Å². The van der Waals surface area contributed by atoms with E-state index in [9.17, 15) is 18.0 Å². The molecule has 0 radical (unpaired) electrons. The van der Waals surface area contributed by atoms with Crippen LogP contribution in [0, 0.1) is 11.8 Å². The molecule has 0 bridgehead atoms. The third-order valence-electron chi connectivity index (χ3n) is 6.14. The molecule has 0 spiro atoms. The van der Waals surface area contributed by atoms with Gasteiger partial charge < -0.3 is 10.6 Å². The molecule has 2 saturated heterocycles. The summed E-state index contributed by atoms with van der Waals surface area (Å²) in [6, 6.07) is 7.00. The van der Waals surface area contributed by atoms with Crippen molar-refractivity contribution in [3.05, 3.63) is 29.8 Å². The van der Waals surface area contributed by atoms with Crippen molar-refractivity contribution in [2.75, 3.05) is 18.8 Å². The summed E-state index contributed by atoms with van der Waals surface area (Å²) in [6.07, 6.45) is -2.23. The van der Waals surface area contributed by atoms with Gasteiger partial charge in [0.15, 0.2) is 0 Å². The minimum Gasteiger partial charge on any atom is -0.398 e. The second-order valence-corrected chi connectivity index (χ2v) is 7.61. The first kappa shape index (κ1) is 17.6. The summed E-state index contributed by atoms with van der Waals surface area (Å²) in [6.45, 7) is -0.788. The number of fused-ring (bicyclic) bond motifs is 3. The standard InChI is InChI=1S/C18H23F3N4O/c19-18(20,21)9-25-15-7-10(11-3-1-2-4-14(11)22)5-6-12(15)16-13(17(25)26)8-23-24-16/h1-4,10,12-13,15-16,23-24H,5-9,22H2. The lowest BCUT2D eigenvalue weighted by Gasteiger charge is -2.50. The molecule has 1 saturated carbocycles. The highest BCUT2D eigenvalue weighted by molar-refractivity contribution is 5.82. The van der Waals surface area contributed by atoms with Crippen LogP contribution in [0.5, 0.6) is 0 Å². The average Bonchev–Trinajstić information content (AvgIpc) is 3.08. The van der Waals surface area contributed by atoms with Crippen LogP contribution in [0.1, 0.15) is 30.7 Å². The van der Waals surface area contributed by atoms with Gasteiger partial charge in [0.05, 0.1) is 5.92 Å². The van der Waals surface area contributed by atoms with E-state index in [0.29, 0.717) is 18.7 Å². The number of carbonyl (C=O) groups excluding carboxylic acids is 1. The summed E-state index contributed by atoms with van der Waals surface area (Å²) < 4.78 is 39.5. The number of benzene rings is 1. The lowest BCUT2D eigenvalue weighted by atomic mass is 9.67. The average molecular weight is 368 g/mol. The van der Waals surface area contributed by atoms with E-state index in [2.05, 4.69) is 10.9 Å². The highest BCUT2D eigenvalue weighted by Crippen LogP contribution is 2.46. The van der Waals surface area contributed by atoms with Gasteiger partial charge in [-0.15, -0.1) is 0 Å². The molecular weight excluding hydrogens is 345 g/mol. The first-order valence-corrected chi connectivity index (χ1v) is 9.05. The number of nitrogens with one attached hydrogen (secondary N) is 2. The smallest absolute Gasteiger partial charge is 0.398 e. The number of amides is 1. The maximum atomic E-state index is 13.2. The van der Waals surface area contributed by atoms with Gasteiger partial charge in [-0.25, -0.2) is 0 Å². The van der Waals surface area contributed by atoms with Crippen LogP contribution in [0.2, 0.25) is 0 Å². The molecule has 1 aliphatic carbocycles. The summed E-state index contributed by atoms with van der Waals surface area (Å²) >= 11 is 0. The van der Waals surface area contributed by atoms with Crippen molar-refractivity contribution in [3.63, 3.8) is 0 Å². The number of nitrogens with zero attached hydrogens (tertiary/aromatic N) is 1. The molecule has 2 aliphatic heterocycles. The van der Waals surface area contributed by atoms with E-state index in [1.54, 1.807) is 0 Å². The number of nitrogen functional groups attached to an aromatic ring is 1. The second-order valence-electron chi connectivity index (χ2n) is 7.61. The van der Waals surface area contributed by atoms with Crippen LogP contribution >= 0.6 is 0 Å². The van der Waals surface area contributed by atoms with Crippen molar-refractivity contribution in [1.29, 1.82) is 0 Å². The van der Waals surface area contributed by atoms with Crippen LogP contribution in [0.3, 0.4) is 0 Å². The van der Waals surface area contributed by atoms with Crippen molar-refractivity contribution in [1.82, 2.24) is 15.8 Å². The molecule has 3 fully saturated rings. The van der Waals surface area contributed by atoms with E-state index in [-0.39, 0.29) is 17.9 Å². The Balaban J connectivity index is 1.64. The van der Waals surface area contributed by atoms with Crippen LogP contribution in [0.25, 0.3) is 0 Å². The van der Waals surface area contributed by atoms with Gasteiger partial charge in [-0.05, 0) is 42.7 Å². The quantitative estimate of drug-likeness (QED) is 0.699. The molecule has 5 unspecified atom stereocenters. The molecule has 1 aromatic rings. The fourth-order valence-electron chi connectivity index (χ4n) is 5.04. The summed E-state index contributed by atoms with van der Waals surface area (Å²) in [4.78, 5) is 13.9. The van der Waals surface area contributed by atoms with E-state index < -0.39 is 30.6 Å². The molecular formula is C18H23F3N4O. The molecule has 4 N–H and O–H groups in total. The van der Waals surface area contributed by atoms with Gasteiger partial charge >= 0.3 is 6.18 Å². The molecule has 5 nitrogen and oxygen atoms in total. The molecule has 0 aromatic heterocycles. The number of halogens is 3. The highest BCUT2D eigenvalue weighted by Gasteiger charge is 2.54. The fraction of sp³-hybridized carbons (Fsp3) is 0.611. The Morgan fingerprint density at radius 2 is 2.00 bits per heavy atom. The largest absolute Gasteiger partial charge is 0.406 e. The van der Waals surface area contributed by atoms with Gasteiger partial charge in [-0.2, -0.15) is 13.2 Å². The number of hydrogen-bond acceptors (Lipinski definition) is 4. The van der Waals surface area contributed by atoms with Gasteiger partial charge in [0.1, 0.15) is 6.54 Å². The predicted molar refractivity (Wildman–Crippen MR) is 90.9 cm³/mol. The Morgan fingerprint density at radius 3 is 2.73 bits per heavy atom. The van der Waals surface area contributed by atoms with Crippen molar-refractivity contribution >= 4 is 11.6 Å². The van der Waals surface area contributed by atoms with E-state index in [0.717, 1.165) is 23.3 Å². The highest BCUT2D eigenvalue weighted by atomic mass is 19.4. The Kier molecular flexibility index (Phi) is 4.35. The maximum Gasteiger partial charge on any atom is 0.406 e. The molecule has 8 heteroatoms. The number of alkyl halides is 3. The van der Waals surface area contributed by atoms with Gasteiger partial charge in [0.2, 0.25) is 5.91 Å². The van der Waals surface area contributed by atoms with Crippen LogP contribution in [0.4, 0.5) is 18.9 Å². The third-order valence-corrected chi connectivity index (χ3v) is 6.14. The summed E-state index contributed by atoms with van der Waals surface area (Å²) in [5.41, 5.74) is 13.8. The number of rotatable bonds is 2. The zero-order valence-electron chi connectivity index (χ0n) is 14.3. The number of para-hydroxylation sites is 1. The fourth-order valence-corrected chi connectivity index (χ4v) is 5.04. The van der Waals surface area contributed by atoms with E-state index >= 15 is 0 Å². The summed E-state index contributed by atoms with van der Waals surface area (Å²) in [7, 11) is 0. The molecule has 142 valence electrons. The minimum atomic E-state index is -4.40. The molecule has 26 heavy (non-hydrogen) atoms. The van der Waals surface area contributed by atoms with Crippen LogP contribution in [-0.2, 0) is 4.79 Å². The number of piperidine rings is 1. The lowest BCUT2D eigenvalue weighted by Crippen LogP contribution is -2.63. The molecule has 4 rings (SSSR count). The Morgan fingerprint density at radius 1 is 1.23 bits per heavy atom. The van der Waals surface area contributed by atoms with Crippen molar-refractivity contribution in [2.24, 2.45) is 11.8 Å². The van der Waals surface area contributed by atoms with Crippen LogP contribution in [0.15, 0.2) is 24.3 Å². The normalized spacial score (nSPS) is 34.5. The number of nitrogens with two attached hydrogens (primary N) is 1. The summed E-state index contributed by atoms with van der Waals surface area (Å²) in [5, 5.41) is 0. The number of anilines is 1. The summed E-state index contributed by atoms with van der Waals surface area (Å²) in [5.74, 6) is -0.715. The zero-order valence-corrected chi connectivity index (χ0v) is 14.3. The molecule has 5 atom stereocenters. The van der Waals surface area contributed by atoms with Crippen LogP contribution < -0.4 is 16.6 Å². The van der Waals surface area contributed by atoms with E-state index in [1.165, 1.54) is 0 Å². The van der Waals surface area contributed by atoms with Gasteiger partial charge in [-0.1, -0.05) is 18.2 Å². The maximum absolute atomic E-state index is 13.2. The Labute approximate surface area is 150 Å². The van der Waals surface area contributed by atoms with Crippen molar-refractivity contribution < 1.29 is 18.0 Å². The Hall–Kier alpha value is -1.80. The molecule has 3 aliphatic rings. The van der Waals surface area contributed by atoms with Crippen molar-refractivity contribution in [3.8, 4) is 0 Å². The number of carbonyl (C=O) groups is 1.